The lowest BCUT2D eigenvalue weighted by Crippen LogP contribution is -2.21. The lowest BCUT2D eigenvalue weighted by atomic mass is 10.2. The highest BCUT2D eigenvalue weighted by atomic mass is 35.5. The van der Waals surface area contributed by atoms with Crippen molar-refractivity contribution in [2.45, 2.75) is 6.54 Å². The summed E-state index contributed by atoms with van der Waals surface area (Å²) in [5.74, 6) is -0.382. The number of halogens is 2. The van der Waals surface area contributed by atoms with Crippen LogP contribution in [0.2, 0.25) is 5.02 Å². The molecule has 0 fully saturated rings. The summed E-state index contributed by atoms with van der Waals surface area (Å²) in [5, 5.41) is 3.07. The minimum absolute atomic E-state index is 0.124. The van der Waals surface area contributed by atoms with E-state index in [2.05, 4.69) is 5.32 Å². The number of nitrogens with one attached hydrogen (secondary N) is 1. The van der Waals surface area contributed by atoms with Gasteiger partial charge in [0.15, 0.2) is 6.61 Å². The molecule has 0 radical (unpaired) electrons. The first-order valence-corrected chi connectivity index (χ1v) is 6.63. The fourth-order valence-electron chi connectivity index (χ4n) is 1.74. The second kappa shape index (κ2) is 7.06. The molecule has 2 aromatic rings. The molecule has 2 rings (SSSR count). The fraction of sp³-hybridized carbons (Fsp3) is 0.133. The van der Waals surface area contributed by atoms with Crippen LogP contribution in [0.1, 0.15) is 5.56 Å². The normalized spacial score (nSPS) is 10.2. The van der Waals surface area contributed by atoms with Gasteiger partial charge in [0.1, 0.15) is 11.6 Å². The Hall–Kier alpha value is -2.11. The Bertz CT molecular complexity index is 649. The number of hydrogen-bond donors (Lipinski definition) is 2. The van der Waals surface area contributed by atoms with Crippen molar-refractivity contribution in [1.29, 1.82) is 0 Å². The Balaban J connectivity index is 1.97. The molecule has 110 valence electrons. The quantitative estimate of drug-likeness (QED) is 0.892. The Morgan fingerprint density at radius 2 is 2.05 bits per heavy atom. The summed E-state index contributed by atoms with van der Waals surface area (Å²) in [6.07, 6.45) is 0. The van der Waals surface area contributed by atoms with E-state index in [1.807, 2.05) is 0 Å². The fourth-order valence-corrected chi connectivity index (χ4v) is 1.92. The van der Waals surface area contributed by atoms with Crippen molar-refractivity contribution in [3.63, 3.8) is 0 Å². The Morgan fingerprint density at radius 1 is 1.29 bits per heavy atom. The zero-order chi connectivity index (χ0) is 15.2. The van der Waals surface area contributed by atoms with E-state index in [0.29, 0.717) is 22.0 Å². The minimum atomic E-state index is -0.400. The highest BCUT2D eigenvalue weighted by molar-refractivity contribution is 6.33. The van der Waals surface area contributed by atoms with Crippen LogP contribution in [0.25, 0.3) is 0 Å². The standard InChI is InChI=1S/C15H14ClFN2O2/c16-12-3-1-2-4-13(12)19-15(20)9-21-14-6-5-11(17)7-10(14)8-18/h1-7H,8-9,18H2,(H,19,20). The minimum Gasteiger partial charge on any atom is -0.483 e. The summed E-state index contributed by atoms with van der Waals surface area (Å²) in [4.78, 5) is 11.8. The summed E-state index contributed by atoms with van der Waals surface area (Å²) >= 11 is 5.94. The predicted molar refractivity (Wildman–Crippen MR) is 79.9 cm³/mol. The van der Waals surface area contributed by atoms with Gasteiger partial charge in [-0.25, -0.2) is 4.39 Å². The highest BCUT2D eigenvalue weighted by Gasteiger charge is 2.09. The summed E-state index contributed by atoms with van der Waals surface area (Å²) in [5.41, 5.74) is 6.51. The van der Waals surface area contributed by atoms with Gasteiger partial charge in [0.05, 0.1) is 10.7 Å². The number of carbonyl (C=O) groups is 1. The monoisotopic (exact) mass is 308 g/mol. The third-order valence-electron chi connectivity index (χ3n) is 2.75. The number of carbonyl (C=O) groups excluding carboxylic acids is 1. The maximum absolute atomic E-state index is 13.1. The van der Waals surface area contributed by atoms with E-state index in [0.717, 1.165) is 0 Å². The third-order valence-corrected chi connectivity index (χ3v) is 3.08. The van der Waals surface area contributed by atoms with Crippen LogP contribution in [0.3, 0.4) is 0 Å². The topological polar surface area (TPSA) is 64.3 Å². The molecule has 0 aliphatic rings. The number of rotatable bonds is 5. The van der Waals surface area contributed by atoms with Gasteiger partial charge in [-0.2, -0.15) is 0 Å². The van der Waals surface area contributed by atoms with Crippen molar-refractivity contribution in [1.82, 2.24) is 0 Å². The average Bonchev–Trinajstić information content (AvgIpc) is 2.48. The molecule has 0 bridgehead atoms. The SMILES string of the molecule is NCc1cc(F)ccc1OCC(=O)Nc1ccccc1Cl. The van der Waals surface area contributed by atoms with Crippen molar-refractivity contribution >= 4 is 23.2 Å². The molecule has 1 amide bonds. The van der Waals surface area contributed by atoms with Gasteiger partial charge in [-0.3, -0.25) is 4.79 Å². The Labute approximate surface area is 126 Å². The van der Waals surface area contributed by atoms with Crippen LogP contribution in [0.4, 0.5) is 10.1 Å². The summed E-state index contributed by atoms with van der Waals surface area (Å²) in [7, 11) is 0. The highest BCUT2D eigenvalue weighted by Crippen LogP contribution is 2.21. The van der Waals surface area contributed by atoms with E-state index in [1.54, 1.807) is 24.3 Å². The number of ether oxygens (including phenoxy) is 1. The smallest absolute Gasteiger partial charge is 0.262 e. The van der Waals surface area contributed by atoms with Gasteiger partial charge in [0.25, 0.3) is 5.91 Å². The molecule has 0 saturated carbocycles. The Kier molecular flexibility index (Phi) is 5.14. The Morgan fingerprint density at radius 3 is 2.76 bits per heavy atom. The molecule has 0 heterocycles. The van der Waals surface area contributed by atoms with Crippen molar-refractivity contribution in [2.24, 2.45) is 5.73 Å². The number of amides is 1. The lowest BCUT2D eigenvalue weighted by molar-refractivity contribution is -0.118. The van der Waals surface area contributed by atoms with E-state index in [9.17, 15) is 9.18 Å². The van der Waals surface area contributed by atoms with E-state index in [-0.39, 0.29) is 19.1 Å². The van der Waals surface area contributed by atoms with Crippen LogP contribution < -0.4 is 15.8 Å². The van der Waals surface area contributed by atoms with Gasteiger partial charge in [0, 0.05) is 12.1 Å². The van der Waals surface area contributed by atoms with Crippen LogP contribution >= 0.6 is 11.6 Å². The maximum Gasteiger partial charge on any atom is 0.262 e. The summed E-state index contributed by atoms with van der Waals surface area (Å²) in [6.45, 7) is -0.0942. The van der Waals surface area contributed by atoms with Gasteiger partial charge in [-0.05, 0) is 30.3 Å². The molecule has 0 aromatic heterocycles. The molecule has 3 N–H and O–H groups in total. The zero-order valence-electron chi connectivity index (χ0n) is 11.1. The van der Waals surface area contributed by atoms with Crippen LogP contribution in [0.15, 0.2) is 42.5 Å². The largest absolute Gasteiger partial charge is 0.483 e. The molecule has 0 aliphatic heterocycles. The van der Waals surface area contributed by atoms with Gasteiger partial charge < -0.3 is 15.8 Å². The van der Waals surface area contributed by atoms with Crippen molar-refractivity contribution in [2.75, 3.05) is 11.9 Å². The molecule has 0 atom stereocenters. The second-order valence-electron chi connectivity index (χ2n) is 4.27. The zero-order valence-corrected chi connectivity index (χ0v) is 11.9. The molecule has 2 aromatic carbocycles. The molecule has 0 saturated heterocycles. The molecule has 0 unspecified atom stereocenters. The molecule has 4 nitrogen and oxygen atoms in total. The second-order valence-corrected chi connectivity index (χ2v) is 4.68. The third kappa shape index (κ3) is 4.18. The molecule has 6 heteroatoms. The van der Waals surface area contributed by atoms with Crippen molar-refractivity contribution < 1.29 is 13.9 Å². The lowest BCUT2D eigenvalue weighted by Gasteiger charge is -2.11. The van der Waals surface area contributed by atoms with Crippen molar-refractivity contribution in [3.8, 4) is 5.75 Å². The number of anilines is 1. The van der Waals surface area contributed by atoms with E-state index in [4.69, 9.17) is 22.1 Å². The van der Waals surface area contributed by atoms with Gasteiger partial charge in [-0.1, -0.05) is 23.7 Å². The first-order valence-electron chi connectivity index (χ1n) is 6.26. The number of benzene rings is 2. The molecule has 0 aliphatic carbocycles. The number of hydrogen-bond acceptors (Lipinski definition) is 3. The van der Waals surface area contributed by atoms with Gasteiger partial charge in [-0.15, -0.1) is 0 Å². The summed E-state index contributed by atoms with van der Waals surface area (Å²) < 4.78 is 18.4. The van der Waals surface area contributed by atoms with Crippen LogP contribution in [-0.2, 0) is 11.3 Å². The molecule has 21 heavy (non-hydrogen) atoms. The number of nitrogens with two attached hydrogens (primary N) is 1. The predicted octanol–water partition coefficient (Wildman–Crippen LogP) is 2.96. The van der Waals surface area contributed by atoms with Crippen LogP contribution in [0, 0.1) is 5.82 Å². The maximum atomic E-state index is 13.1. The molecule has 0 spiro atoms. The van der Waals surface area contributed by atoms with Crippen LogP contribution in [-0.4, -0.2) is 12.5 Å². The number of para-hydroxylation sites is 1. The first-order chi connectivity index (χ1) is 10.1. The van der Waals surface area contributed by atoms with E-state index in [1.165, 1.54) is 18.2 Å². The van der Waals surface area contributed by atoms with Gasteiger partial charge >= 0.3 is 0 Å². The molecular weight excluding hydrogens is 295 g/mol. The van der Waals surface area contributed by atoms with E-state index < -0.39 is 5.82 Å². The van der Waals surface area contributed by atoms with E-state index >= 15 is 0 Å². The first kappa shape index (κ1) is 15.3. The van der Waals surface area contributed by atoms with Crippen LogP contribution in [0.5, 0.6) is 5.75 Å². The molecular formula is C15H14ClFN2O2. The van der Waals surface area contributed by atoms with Crippen molar-refractivity contribution in [3.05, 3.63) is 58.9 Å². The van der Waals surface area contributed by atoms with Gasteiger partial charge in [0.2, 0.25) is 0 Å². The average molecular weight is 309 g/mol. The summed E-state index contributed by atoms with van der Waals surface area (Å²) in [6, 6.07) is 10.9.